The van der Waals surface area contributed by atoms with Crippen LogP contribution in [0.3, 0.4) is 0 Å². The van der Waals surface area contributed by atoms with Crippen LogP contribution in [0.25, 0.3) is 0 Å². The Labute approximate surface area is 105 Å². The van der Waals surface area contributed by atoms with Crippen molar-refractivity contribution in [2.24, 2.45) is 0 Å². The molecule has 0 spiro atoms. The number of nitrogens with one attached hydrogen (secondary N) is 1. The minimum absolute atomic E-state index is 0. The van der Waals surface area contributed by atoms with Gasteiger partial charge in [0.15, 0.2) is 0 Å². The average Bonchev–Trinajstić information content (AvgIpc) is 2.11. The van der Waals surface area contributed by atoms with Crippen LogP contribution in [0.4, 0.5) is 11.4 Å². The molecule has 3 nitrogen and oxygen atoms in total. The Balaban J connectivity index is 0.00000196. The molecule has 1 aromatic rings. The van der Waals surface area contributed by atoms with Gasteiger partial charge in [0.05, 0.1) is 22.0 Å². The summed E-state index contributed by atoms with van der Waals surface area (Å²) in [4.78, 5) is 0. The van der Waals surface area contributed by atoms with Gasteiger partial charge in [-0.3, -0.25) is 0 Å². The van der Waals surface area contributed by atoms with Crippen molar-refractivity contribution < 1.29 is 17.1 Å². The van der Waals surface area contributed by atoms with Crippen molar-refractivity contribution in [2.45, 2.75) is 19.9 Å². The van der Waals surface area contributed by atoms with Crippen molar-refractivity contribution in [1.82, 2.24) is 0 Å². The van der Waals surface area contributed by atoms with Crippen molar-refractivity contribution >= 4 is 23.0 Å². The van der Waals surface area contributed by atoms with Gasteiger partial charge in [-0.25, -0.2) is 0 Å². The fraction of sp³-hybridized carbons (Fsp3) is 0.300. The fourth-order valence-electron chi connectivity index (χ4n) is 1.15. The maximum atomic E-state index is 8.91. The summed E-state index contributed by atoms with van der Waals surface area (Å²) in [7, 11) is 0. The smallest absolute Gasteiger partial charge is 0.103 e. The molecule has 5 heteroatoms. The van der Waals surface area contributed by atoms with Crippen LogP contribution in [0.5, 0.6) is 0 Å². The van der Waals surface area contributed by atoms with Crippen molar-refractivity contribution in [1.29, 1.82) is 5.26 Å². The first-order chi connectivity index (χ1) is 6.56. The predicted molar refractivity (Wildman–Crippen MR) is 59.3 cm³/mol. The zero-order valence-corrected chi connectivity index (χ0v) is 10.3. The quantitative estimate of drug-likeness (QED) is 0.638. The number of nitriles is 1. The number of hydrogen-bond acceptors (Lipinski definition) is 3. The molecular formula is C10H12ClFeN3. The zero-order chi connectivity index (χ0) is 10.7. The summed E-state index contributed by atoms with van der Waals surface area (Å²) in [6.45, 7) is 3.95. The van der Waals surface area contributed by atoms with Gasteiger partial charge in [0.1, 0.15) is 6.07 Å². The summed E-state index contributed by atoms with van der Waals surface area (Å²) in [5.41, 5.74) is 7.31. The van der Waals surface area contributed by atoms with E-state index >= 15 is 0 Å². The number of halogens is 1. The van der Waals surface area contributed by atoms with Crippen LogP contribution >= 0.6 is 11.6 Å². The number of anilines is 2. The number of nitrogens with two attached hydrogens (primary N) is 1. The Bertz CT molecular complexity index is 385. The van der Waals surface area contributed by atoms with Gasteiger partial charge < -0.3 is 11.1 Å². The largest absolute Gasteiger partial charge is 0.397 e. The fourth-order valence-corrected chi connectivity index (χ4v) is 1.35. The second kappa shape index (κ2) is 5.87. The normalized spacial score (nSPS) is 9.27. The molecule has 0 aromatic heterocycles. The third kappa shape index (κ3) is 3.32. The molecule has 0 fully saturated rings. The number of nitrogen functional groups attached to an aromatic ring is 1. The third-order valence-corrected chi connectivity index (χ3v) is 2.05. The third-order valence-electron chi connectivity index (χ3n) is 1.73. The molecule has 0 radical (unpaired) electrons. The Hall–Kier alpha value is -0.881. The van der Waals surface area contributed by atoms with Gasteiger partial charge in [-0.2, -0.15) is 5.26 Å². The molecule has 0 unspecified atom stereocenters. The first kappa shape index (κ1) is 14.1. The summed E-state index contributed by atoms with van der Waals surface area (Å²) in [5.74, 6) is 0. The summed E-state index contributed by atoms with van der Waals surface area (Å²) in [6.07, 6.45) is 0. The first-order valence-corrected chi connectivity index (χ1v) is 4.68. The minimum Gasteiger partial charge on any atom is -0.397 e. The van der Waals surface area contributed by atoms with Crippen molar-refractivity contribution in [3.63, 3.8) is 0 Å². The molecule has 0 heterocycles. The summed E-state index contributed by atoms with van der Waals surface area (Å²) in [6, 6.07) is 5.56. The Morgan fingerprint density at radius 1 is 1.47 bits per heavy atom. The van der Waals surface area contributed by atoms with Crippen LogP contribution in [-0.4, -0.2) is 6.04 Å². The molecular weight excluding hydrogens is 253 g/mol. The van der Waals surface area contributed by atoms with E-state index in [1.54, 1.807) is 12.1 Å². The molecule has 1 rings (SSSR count). The van der Waals surface area contributed by atoms with E-state index in [0.29, 0.717) is 22.0 Å². The molecule has 0 saturated heterocycles. The summed E-state index contributed by atoms with van der Waals surface area (Å²) < 4.78 is 0. The molecule has 0 atom stereocenters. The van der Waals surface area contributed by atoms with E-state index in [2.05, 4.69) is 5.32 Å². The monoisotopic (exact) mass is 265 g/mol. The Kier molecular flexibility index (Phi) is 5.52. The van der Waals surface area contributed by atoms with E-state index < -0.39 is 0 Å². The van der Waals surface area contributed by atoms with E-state index in [1.807, 2.05) is 19.9 Å². The molecule has 0 amide bonds. The summed E-state index contributed by atoms with van der Waals surface area (Å²) >= 11 is 5.87. The van der Waals surface area contributed by atoms with Crippen molar-refractivity contribution in [3.8, 4) is 6.07 Å². The van der Waals surface area contributed by atoms with Gasteiger partial charge >= 0.3 is 0 Å². The second-order valence-corrected chi connectivity index (χ2v) is 3.70. The van der Waals surface area contributed by atoms with Gasteiger partial charge in [-0.15, -0.1) is 0 Å². The average molecular weight is 266 g/mol. The van der Waals surface area contributed by atoms with Gasteiger partial charge in [0.25, 0.3) is 0 Å². The molecule has 15 heavy (non-hydrogen) atoms. The number of hydrogen-bond donors (Lipinski definition) is 2. The second-order valence-electron chi connectivity index (χ2n) is 3.30. The number of benzene rings is 1. The maximum absolute atomic E-state index is 8.91. The van der Waals surface area contributed by atoms with Crippen LogP contribution < -0.4 is 11.1 Å². The van der Waals surface area contributed by atoms with E-state index in [9.17, 15) is 0 Å². The molecule has 0 aliphatic rings. The molecule has 1 aromatic carbocycles. The predicted octanol–water partition coefficient (Wildman–Crippen LogP) is 2.61. The summed E-state index contributed by atoms with van der Waals surface area (Å²) in [5, 5.41) is 12.4. The first-order valence-electron chi connectivity index (χ1n) is 4.31. The van der Waals surface area contributed by atoms with Crippen molar-refractivity contribution in [2.75, 3.05) is 11.1 Å². The zero-order valence-electron chi connectivity index (χ0n) is 8.49. The van der Waals surface area contributed by atoms with Gasteiger partial charge in [-0.05, 0) is 26.0 Å². The van der Waals surface area contributed by atoms with E-state index in [4.69, 9.17) is 22.6 Å². The molecule has 82 valence electrons. The van der Waals surface area contributed by atoms with E-state index in [-0.39, 0.29) is 23.1 Å². The maximum Gasteiger partial charge on any atom is 0.103 e. The topological polar surface area (TPSA) is 61.8 Å². The standard InChI is InChI=1S/C10H12ClN3.Fe/c1-6(2)14-10-7(5-12)8(11)3-4-9(10)13;/h3-4,6,14H,13H2,1-2H3;. The van der Waals surface area contributed by atoms with Gasteiger partial charge in [-0.1, -0.05) is 11.6 Å². The van der Waals surface area contributed by atoms with Crippen LogP contribution in [0, 0.1) is 11.3 Å². The van der Waals surface area contributed by atoms with Gasteiger partial charge in [0, 0.05) is 23.1 Å². The number of rotatable bonds is 2. The Morgan fingerprint density at radius 2 is 2.07 bits per heavy atom. The van der Waals surface area contributed by atoms with E-state index in [1.165, 1.54) is 0 Å². The molecule has 0 saturated carbocycles. The van der Waals surface area contributed by atoms with Gasteiger partial charge in [0.2, 0.25) is 0 Å². The molecule has 0 aliphatic carbocycles. The Morgan fingerprint density at radius 3 is 2.53 bits per heavy atom. The van der Waals surface area contributed by atoms with Crippen LogP contribution in [0.15, 0.2) is 12.1 Å². The minimum atomic E-state index is 0. The SMILES string of the molecule is CC(C)Nc1c(N)ccc(Cl)c1C#N.[Fe]. The van der Waals surface area contributed by atoms with Crippen LogP contribution in [0.1, 0.15) is 19.4 Å². The van der Waals surface area contributed by atoms with Crippen LogP contribution in [0.2, 0.25) is 5.02 Å². The van der Waals surface area contributed by atoms with E-state index in [0.717, 1.165) is 0 Å². The molecule has 3 N–H and O–H groups in total. The van der Waals surface area contributed by atoms with Crippen LogP contribution in [-0.2, 0) is 17.1 Å². The van der Waals surface area contributed by atoms with Crippen molar-refractivity contribution in [3.05, 3.63) is 22.7 Å². The number of nitrogens with zero attached hydrogens (tertiary/aromatic N) is 1. The molecule has 0 aliphatic heterocycles. The molecule has 0 bridgehead atoms.